The van der Waals surface area contributed by atoms with E-state index in [9.17, 15) is 0 Å². The van der Waals surface area contributed by atoms with Crippen LogP contribution in [0.15, 0.2) is 29.5 Å². The third-order valence-corrected chi connectivity index (χ3v) is 11.9. The van der Waals surface area contributed by atoms with Gasteiger partial charge in [-0.25, -0.2) is 0 Å². The second kappa shape index (κ2) is 7.40. The maximum Gasteiger partial charge on any atom is 0.331 e. The Morgan fingerprint density at radius 3 is 1.73 bits per heavy atom. The average molecular weight is 353 g/mol. The van der Waals surface area contributed by atoms with Crippen LogP contribution in [0.25, 0.3) is 5.57 Å². The van der Waals surface area contributed by atoms with Gasteiger partial charge in [-0.05, 0) is 81.9 Å². The smallest absolute Gasteiger partial charge is 0.331 e. The van der Waals surface area contributed by atoms with Crippen LogP contribution in [0.1, 0.15) is 25.0 Å². The predicted molar refractivity (Wildman–Crippen MR) is 105 cm³/mol. The number of hydrogen-bond donors (Lipinski definition) is 0. The summed E-state index contributed by atoms with van der Waals surface area (Å²) in [6, 6.07) is 8.56. The second-order valence-corrected chi connectivity index (χ2v) is 19.8. The summed E-state index contributed by atoms with van der Waals surface area (Å²) in [4.78, 5) is 0. The van der Waals surface area contributed by atoms with Gasteiger partial charge in [-0.1, -0.05) is 24.3 Å². The molecule has 5 heteroatoms. The zero-order valence-corrected chi connectivity index (χ0v) is 18.9. The number of hydrogen-bond acceptors (Lipinski definition) is 2. The topological polar surface area (TPSA) is 18.5 Å². The van der Waals surface area contributed by atoms with Crippen LogP contribution in [0.5, 0.6) is 0 Å². The predicted octanol–water partition coefficient (Wildman–Crippen LogP) is 5.25. The largest absolute Gasteiger partial charge is 0.436 e. The van der Waals surface area contributed by atoms with Crippen molar-refractivity contribution >= 4 is 31.5 Å². The zero-order valence-electron chi connectivity index (χ0n) is 15.7. The molecule has 0 bridgehead atoms. The molecule has 0 atom stereocenters. The van der Waals surface area contributed by atoms with Crippen molar-refractivity contribution in [2.24, 2.45) is 0 Å². The van der Waals surface area contributed by atoms with E-state index in [0.29, 0.717) is 0 Å². The van der Waals surface area contributed by atoms with Gasteiger partial charge in [0.2, 0.25) is 0 Å². The molecule has 22 heavy (non-hydrogen) atoms. The van der Waals surface area contributed by atoms with Crippen LogP contribution in [-0.4, -0.2) is 25.9 Å². The highest BCUT2D eigenvalue weighted by Gasteiger charge is 2.31. The Kier molecular flexibility index (Phi) is 6.59. The highest BCUT2D eigenvalue weighted by atomic mass is 28.4. The Labute approximate surface area is 140 Å². The van der Waals surface area contributed by atoms with E-state index in [4.69, 9.17) is 8.23 Å². The summed E-state index contributed by atoms with van der Waals surface area (Å²) in [6.45, 7) is 20.1. The molecule has 0 heterocycles. The lowest BCUT2D eigenvalue weighted by Crippen LogP contribution is -2.44. The van der Waals surface area contributed by atoms with Crippen LogP contribution in [0, 0.1) is 6.92 Å². The van der Waals surface area contributed by atoms with E-state index < -0.39 is 25.9 Å². The van der Waals surface area contributed by atoms with Gasteiger partial charge in [-0.2, -0.15) is 0 Å². The summed E-state index contributed by atoms with van der Waals surface area (Å²) in [7, 11) is -5.06. The van der Waals surface area contributed by atoms with Crippen molar-refractivity contribution in [1.82, 2.24) is 0 Å². The van der Waals surface area contributed by atoms with Crippen molar-refractivity contribution < 1.29 is 8.23 Å². The van der Waals surface area contributed by atoms with Gasteiger partial charge in [-0.15, -0.1) is 0 Å². The van der Waals surface area contributed by atoms with Crippen LogP contribution in [0.4, 0.5) is 0 Å². The van der Waals surface area contributed by atoms with Gasteiger partial charge in [0.05, 0.1) is 0 Å². The minimum atomic E-state index is -1.82. The minimum Gasteiger partial charge on any atom is -0.436 e. The summed E-state index contributed by atoms with van der Waals surface area (Å²) in [5, 5.41) is 1.33. The van der Waals surface area contributed by atoms with Gasteiger partial charge in [0.1, 0.15) is 0 Å². The Morgan fingerprint density at radius 1 is 0.864 bits per heavy atom. The lowest BCUT2D eigenvalue weighted by molar-refractivity contribution is 0.430. The Hall–Kier alpha value is -0.469. The van der Waals surface area contributed by atoms with E-state index in [0.717, 1.165) is 0 Å². The molecule has 0 saturated carbocycles. The number of aryl methyl sites for hydroxylation is 1. The molecule has 0 radical (unpaired) electrons. The summed E-state index contributed by atoms with van der Waals surface area (Å²) in [5.41, 5.74) is 3.95. The molecule has 0 N–H and O–H groups in total. The van der Waals surface area contributed by atoms with Crippen LogP contribution in [-0.2, 0) is 8.23 Å². The number of benzene rings is 1. The molecule has 0 aliphatic carbocycles. The van der Waals surface area contributed by atoms with Crippen molar-refractivity contribution in [2.75, 3.05) is 0 Å². The standard InChI is InChI=1S/C17H32O2Si3/c1-14-12-10-11-13-17(14)15(2)16(3)20(18-21(4,5)6)19-22(7,8)9/h10-13,20H,1-9H3. The summed E-state index contributed by atoms with van der Waals surface area (Å²) >= 11 is 0. The highest BCUT2D eigenvalue weighted by molar-refractivity contribution is 6.83. The summed E-state index contributed by atoms with van der Waals surface area (Å²) in [5.74, 6) is 0. The van der Waals surface area contributed by atoms with Crippen molar-refractivity contribution in [3.8, 4) is 0 Å². The molecule has 1 aromatic carbocycles. The van der Waals surface area contributed by atoms with Gasteiger partial charge in [0, 0.05) is 0 Å². The molecule has 0 saturated heterocycles. The van der Waals surface area contributed by atoms with E-state index >= 15 is 0 Å². The third-order valence-electron chi connectivity index (χ3n) is 3.42. The molecule has 0 aliphatic heterocycles. The Balaban J connectivity index is 3.22. The first-order valence-electron chi connectivity index (χ1n) is 8.00. The molecule has 1 aromatic rings. The molecule has 1 rings (SSSR count). The molecule has 0 amide bonds. The fraction of sp³-hybridized carbons (Fsp3) is 0.529. The highest BCUT2D eigenvalue weighted by Crippen LogP contribution is 2.26. The quantitative estimate of drug-likeness (QED) is 0.651. The van der Waals surface area contributed by atoms with Crippen LogP contribution in [0.2, 0.25) is 39.3 Å². The van der Waals surface area contributed by atoms with E-state index in [1.807, 2.05) is 0 Å². The molecule has 0 fully saturated rings. The van der Waals surface area contributed by atoms with Crippen molar-refractivity contribution in [3.05, 3.63) is 40.6 Å². The minimum absolute atomic E-state index is 1.31. The van der Waals surface area contributed by atoms with Crippen molar-refractivity contribution in [3.63, 3.8) is 0 Å². The first kappa shape index (κ1) is 19.6. The van der Waals surface area contributed by atoms with E-state index in [1.54, 1.807) is 0 Å². The normalized spacial score (nSPS) is 14.3. The monoisotopic (exact) mass is 352 g/mol. The first-order chi connectivity index (χ1) is 9.91. The Bertz CT molecular complexity index is 524. The van der Waals surface area contributed by atoms with Gasteiger partial charge in [0.25, 0.3) is 0 Å². The fourth-order valence-electron chi connectivity index (χ4n) is 2.23. The van der Waals surface area contributed by atoms with E-state index in [-0.39, 0.29) is 0 Å². The summed E-state index contributed by atoms with van der Waals surface area (Å²) < 4.78 is 13.0. The molecule has 0 unspecified atom stereocenters. The number of allylic oxidation sites excluding steroid dienone is 2. The molecular weight excluding hydrogens is 320 g/mol. The van der Waals surface area contributed by atoms with Gasteiger partial charge in [0.15, 0.2) is 16.6 Å². The maximum atomic E-state index is 6.49. The van der Waals surface area contributed by atoms with Crippen molar-refractivity contribution in [2.45, 2.75) is 60.1 Å². The van der Waals surface area contributed by atoms with E-state index in [1.165, 1.54) is 21.9 Å². The molecule has 0 aromatic heterocycles. The molecule has 0 spiro atoms. The Morgan fingerprint density at radius 2 is 1.32 bits per heavy atom. The van der Waals surface area contributed by atoms with Gasteiger partial charge in [-0.3, -0.25) is 0 Å². The van der Waals surface area contributed by atoms with Crippen LogP contribution >= 0.6 is 0 Å². The van der Waals surface area contributed by atoms with Crippen LogP contribution in [0.3, 0.4) is 0 Å². The van der Waals surface area contributed by atoms with E-state index in [2.05, 4.69) is 84.3 Å². The number of rotatable bonds is 6. The molecular formula is C17H32O2Si3. The SMILES string of the molecule is CC(=C(C)[SiH](O[Si](C)(C)C)O[Si](C)(C)C)c1ccccc1C. The zero-order chi connectivity index (χ0) is 17.1. The van der Waals surface area contributed by atoms with Gasteiger partial charge < -0.3 is 8.23 Å². The lowest BCUT2D eigenvalue weighted by Gasteiger charge is -2.32. The average Bonchev–Trinajstić information content (AvgIpc) is 2.33. The lowest BCUT2D eigenvalue weighted by atomic mass is 10.0. The fourth-order valence-corrected chi connectivity index (χ4v) is 9.91. The van der Waals surface area contributed by atoms with Crippen molar-refractivity contribution in [1.29, 1.82) is 0 Å². The van der Waals surface area contributed by atoms with Crippen LogP contribution < -0.4 is 0 Å². The molecule has 0 aliphatic rings. The maximum absolute atomic E-state index is 6.49. The second-order valence-electron chi connectivity index (χ2n) is 7.92. The van der Waals surface area contributed by atoms with Gasteiger partial charge >= 0.3 is 9.28 Å². The molecule has 124 valence electrons. The molecule has 2 nitrogen and oxygen atoms in total. The first-order valence-corrected chi connectivity index (χ1v) is 16.3. The third kappa shape index (κ3) is 6.34. The summed E-state index contributed by atoms with van der Waals surface area (Å²) in [6.07, 6.45) is 0.